The summed E-state index contributed by atoms with van der Waals surface area (Å²) in [6.45, 7) is 2.77. The molecule has 5 heteroatoms. The Balaban J connectivity index is 1.37. The number of amides is 2. The van der Waals surface area contributed by atoms with Crippen LogP contribution in [0, 0.1) is 6.92 Å². The first-order chi connectivity index (χ1) is 14.1. The molecule has 0 spiro atoms. The molecule has 0 radical (unpaired) electrons. The summed E-state index contributed by atoms with van der Waals surface area (Å²) in [7, 11) is 0. The second-order valence-corrected chi connectivity index (χ2v) is 7.09. The van der Waals surface area contributed by atoms with Gasteiger partial charge in [0.2, 0.25) is 5.91 Å². The first-order valence-corrected chi connectivity index (χ1v) is 9.65. The minimum Gasteiger partial charge on any atom is -0.457 e. The van der Waals surface area contributed by atoms with Crippen molar-refractivity contribution in [2.75, 3.05) is 16.8 Å². The average Bonchev–Trinajstić information content (AvgIpc) is 3.17. The summed E-state index contributed by atoms with van der Waals surface area (Å²) in [5.74, 6) is 1.40. The average molecular weight is 386 g/mol. The van der Waals surface area contributed by atoms with E-state index in [1.54, 1.807) is 29.2 Å². The van der Waals surface area contributed by atoms with Gasteiger partial charge in [0.05, 0.1) is 0 Å². The van der Waals surface area contributed by atoms with Gasteiger partial charge >= 0.3 is 0 Å². The predicted molar refractivity (Wildman–Crippen MR) is 114 cm³/mol. The van der Waals surface area contributed by atoms with Crippen molar-refractivity contribution in [3.63, 3.8) is 0 Å². The maximum absolute atomic E-state index is 12.5. The lowest BCUT2D eigenvalue weighted by Crippen LogP contribution is -2.23. The van der Waals surface area contributed by atoms with Gasteiger partial charge in [0, 0.05) is 29.9 Å². The van der Waals surface area contributed by atoms with Crippen LogP contribution in [-0.4, -0.2) is 18.4 Å². The number of rotatable bonds is 5. The summed E-state index contributed by atoms with van der Waals surface area (Å²) in [5.41, 5.74) is 3.24. The Morgan fingerprint density at radius 2 is 1.52 bits per heavy atom. The molecule has 1 aliphatic heterocycles. The van der Waals surface area contributed by atoms with E-state index >= 15 is 0 Å². The molecule has 3 aromatic carbocycles. The number of anilines is 2. The number of nitrogens with zero attached hydrogens (tertiary/aromatic N) is 1. The van der Waals surface area contributed by atoms with E-state index in [9.17, 15) is 9.59 Å². The number of hydrogen-bond donors (Lipinski definition) is 1. The number of carbonyl (C=O) groups excluding carboxylic acids is 2. The summed E-state index contributed by atoms with van der Waals surface area (Å²) >= 11 is 0. The number of carbonyl (C=O) groups is 2. The molecule has 1 heterocycles. The molecule has 1 saturated heterocycles. The molecule has 0 bridgehead atoms. The third kappa shape index (κ3) is 4.46. The van der Waals surface area contributed by atoms with Crippen molar-refractivity contribution in [1.29, 1.82) is 0 Å². The molecule has 4 rings (SSSR count). The van der Waals surface area contributed by atoms with E-state index in [0.29, 0.717) is 23.4 Å². The summed E-state index contributed by atoms with van der Waals surface area (Å²) in [5, 5.41) is 2.88. The lowest BCUT2D eigenvalue weighted by Gasteiger charge is -2.15. The van der Waals surface area contributed by atoms with Gasteiger partial charge in [0.15, 0.2) is 0 Å². The summed E-state index contributed by atoms with van der Waals surface area (Å²) in [4.78, 5) is 26.1. The molecule has 5 nitrogen and oxygen atoms in total. The fraction of sp³-hybridized carbons (Fsp3) is 0.167. The monoisotopic (exact) mass is 386 g/mol. The van der Waals surface area contributed by atoms with Crippen LogP contribution < -0.4 is 15.0 Å². The second-order valence-electron chi connectivity index (χ2n) is 7.09. The lowest BCUT2D eigenvalue weighted by molar-refractivity contribution is -0.117. The summed E-state index contributed by atoms with van der Waals surface area (Å²) < 4.78 is 5.80. The van der Waals surface area contributed by atoms with Gasteiger partial charge in [-0.3, -0.25) is 9.59 Å². The first kappa shape index (κ1) is 18.7. The van der Waals surface area contributed by atoms with E-state index < -0.39 is 0 Å². The lowest BCUT2D eigenvalue weighted by atomic mass is 10.1. The Labute approximate surface area is 169 Å². The van der Waals surface area contributed by atoms with Gasteiger partial charge in [-0.15, -0.1) is 0 Å². The van der Waals surface area contributed by atoms with Crippen LogP contribution in [0.4, 0.5) is 11.4 Å². The quantitative estimate of drug-likeness (QED) is 0.658. The molecular weight excluding hydrogens is 364 g/mol. The molecule has 0 aromatic heterocycles. The Morgan fingerprint density at radius 1 is 0.897 bits per heavy atom. The highest BCUT2D eigenvalue weighted by molar-refractivity contribution is 6.04. The zero-order chi connectivity index (χ0) is 20.2. The van der Waals surface area contributed by atoms with E-state index in [-0.39, 0.29) is 11.8 Å². The van der Waals surface area contributed by atoms with E-state index in [1.807, 2.05) is 55.5 Å². The Hall–Kier alpha value is -3.60. The van der Waals surface area contributed by atoms with Crippen molar-refractivity contribution in [3.8, 4) is 11.5 Å². The molecule has 1 aliphatic rings. The zero-order valence-corrected chi connectivity index (χ0v) is 16.2. The maximum atomic E-state index is 12.5. The number of ether oxygens (including phenoxy) is 1. The Morgan fingerprint density at radius 3 is 2.10 bits per heavy atom. The van der Waals surface area contributed by atoms with Gasteiger partial charge in [0.25, 0.3) is 5.91 Å². The first-order valence-electron chi connectivity index (χ1n) is 9.65. The van der Waals surface area contributed by atoms with Crippen molar-refractivity contribution in [2.45, 2.75) is 19.8 Å². The normalized spacial score (nSPS) is 13.4. The van der Waals surface area contributed by atoms with Crippen LogP contribution in [0.2, 0.25) is 0 Å². The molecule has 0 aliphatic carbocycles. The molecule has 0 saturated carbocycles. The molecule has 3 aromatic rings. The van der Waals surface area contributed by atoms with Crippen LogP contribution >= 0.6 is 0 Å². The minimum absolute atomic E-state index is 0.134. The second kappa shape index (κ2) is 8.19. The topological polar surface area (TPSA) is 58.6 Å². The van der Waals surface area contributed by atoms with Crippen molar-refractivity contribution in [2.24, 2.45) is 0 Å². The van der Waals surface area contributed by atoms with E-state index in [4.69, 9.17) is 4.74 Å². The number of benzene rings is 3. The molecule has 0 atom stereocenters. The van der Waals surface area contributed by atoms with Crippen molar-refractivity contribution in [3.05, 3.63) is 83.9 Å². The van der Waals surface area contributed by atoms with Gasteiger partial charge < -0.3 is 15.0 Å². The third-order valence-corrected chi connectivity index (χ3v) is 4.88. The molecular formula is C24H22N2O3. The van der Waals surface area contributed by atoms with Crippen LogP contribution in [0.1, 0.15) is 28.8 Å². The fourth-order valence-corrected chi connectivity index (χ4v) is 3.27. The molecule has 0 unspecified atom stereocenters. The van der Waals surface area contributed by atoms with Crippen molar-refractivity contribution in [1.82, 2.24) is 0 Å². The van der Waals surface area contributed by atoms with E-state index in [1.165, 1.54) is 5.56 Å². The van der Waals surface area contributed by atoms with Crippen LogP contribution in [0.25, 0.3) is 0 Å². The van der Waals surface area contributed by atoms with E-state index in [2.05, 4.69) is 5.32 Å². The Bertz CT molecular complexity index is 1010. The molecule has 146 valence electrons. The van der Waals surface area contributed by atoms with Crippen LogP contribution in [0.3, 0.4) is 0 Å². The molecule has 1 fully saturated rings. The minimum atomic E-state index is -0.198. The highest BCUT2D eigenvalue weighted by Crippen LogP contribution is 2.24. The van der Waals surface area contributed by atoms with Crippen molar-refractivity contribution >= 4 is 23.2 Å². The van der Waals surface area contributed by atoms with Gasteiger partial charge in [-0.1, -0.05) is 17.7 Å². The predicted octanol–water partition coefficient (Wildman–Crippen LogP) is 5.17. The van der Waals surface area contributed by atoms with E-state index in [0.717, 1.165) is 24.4 Å². The largest absolute Gasteiger partial charge is 0.457 e. The highest BCUT2D eigenvalue weighted by Gasteiger charge is 2.21. The highest BCUT2D eigenvalue weighted by atomic mass is 16.5. The Kier molecular flexibility index (Phi) is 5.29. The zero-order valence-electron chi connectivity index (χ0n) is 16.2. The van der Waals surface area contributed by atoms with Crippen molar-refractivity contribution < 1.29 is 14.3 Å². The maximum Gasteiger partial charge on any atom is 0.255 e. The molecule has 29 heavy (non-hydrogen) atoms. The van der Waals surface area contributed by atoms with Gasteiger partial charge in [-0.2, -0.15) is 0 Å². The number of aryl methyl sites for hydroxylation is 1. The third-order valence-electron chi connectivity index (χ3n) is 4.88. The van der Waals surface area contributed by atoms with Gasteiger partial charge in [0.1, 0.15) is 11.5 Å². The number of nitrogens with one attached hydrogen (secondary N) is 1. The molecule has 2 amide bonds. The van der Waals surface area contributed by atoms with Crippen LogP contribution in [0.5, 0.6) is 11.5 Å². The molecule has 1 N–H and O–H groups in total. The summed E-state index contributed by atoms with van der Waals surface area (Å²) in [6.07, 6.45) is 1.47. The SMILES string of the molecule is Cc1ccc(Oc2ccc(NC(=O)c3ccc(N4CCCC4=O)cc3)cc2)cc1. The fourth-order valence-electron chi connectivity index (χ4n) is 3.27. The van der Waals surface area contributed by atoms with Crippen LogP contribution in [-0.2, 0) is 4.79 Å². The summed E-state index contributed by atoms with van der Waals surface area (Å²) in [6, 6.07) is 22.2. The number of hydrogen-bond acceptors (Lipinski definition) is 3. The smallest absolute Gasteiger partial charge is 0.255 e. The van der Waals surface area contributed by atoms with Gasteiger partial charge in [-0.05, 0) is 74.0 Å². The van der Waals surface area contributed by atoms with Crippen LogP contribution in [0.15, 0.2) is 72.8 Å². The van der Waals surface area contributed by atoms with Gasteiger partial charge in [-0.25, -0.2) is 0 Å². The standard InChI is InChI=1S/C24H22N2O3/c1-17-4-12-21(13-5-17)29-22-14-8-19(9-15-22)25-24(28)18-6-10-20(11-7-18)26-16-2-3-23(26)27/h4-15H,2-3,16H2,1H3,(H,25,28).